The van der Waals surface area contributed by atoms with Crippen LogP contribution in [-0.4, -0.2) is 29.8 Å². The number of fused-ring (bicyclic) bond motifs is 4. The minimum Gasteiger partial charge on any atom is -0.355 e. The molecule has 2 heterocycles. The molecule has 4 heteroatoms. The van der Waals surface area contributed by atoms with Gasteiger partial charge in [0.25, 0.3) is 5.91 Å². The number of nitrogens with zero attached hydrogens (tertiary/aromatic N) is 1. The SMILES string of the molecule is O=C(NC[C@@H]1CCC[C@@H]1c1ccccc1)[C@@H]1c2ccccc2C(=O)N2CCc3ccccc3[C@H]12. The van der Waals surface area contributed by atoms with Crippen LogP contribution in [0.15, 0.2) is 78.9 Å². The summed E-state index contributed by atoms with van der Waals surface area (Å²) in [5.74, 6) is 0.617. The molecule has 4 nitrogen and oxygen atoms in total. The maximum Gasteiger partial charge on any atom is 0.254 e. The van der Waals surface area contributed by atoms with Crippen molar-refractivity contribution in [3.63, 3.8) is 0 Å². The molecule has 0 spiro atoms. The second-order valence-electron chi connectivity index (χ2n) is 9.91. The lowest BCUT2D eigenvalue weighted by Crippen LogP contribution is -2.50. The summed E-state index contributed by atoms with van der Waals surface area (Å²) in [5, 5.41) is 3.34. The molecule has 0 radical (unpaired) electrons. The van der Waals surface area contributed by atoms with Gasteiger partial charge in [0.05, 0.1) is 12.0 Å². The Morgan fingerprint density at radius 3 is 2.47 bits per heavy atom. The van der Waals surface area contributed by atoms with Crippen molar-refractivity contribution in [3.8, 4) is 0 Å². The van der Waals surface area contributed by atoms with Crippen molar-refractivity contribution >= 4 is 11.8 Å². The number of hydrogen-bond donors (Lipinski definition) is 1. The quantitative estimate of drug-likeness (QED) is 0.592. The highest BCUT2D eigenvalue weighted by atomic mass is 16.2. The van der Waals surface area contributed by atoms with Crippen LogP contribution in [-0.2, 0) is 11.2 Å². The predicted molar refractivity (Wildman–Crippen MR) is 133 cm³/mol. The van der Waals surface area contributed by atoms with E-state index in [2.05, 4.69) is 47.8 Å². The molecule has 3 aromatic carbocycles. The summed E-state index contributed by atoms with van der Waals surface area (Å²) in [6, 6.07) is 26.4. The van der Waals surface area contributed by atoms with Crippen LogP contribution in [0.5, 0.6) is 0 Å². The molecule has 0 unspecified atom stereocenters. The molecule has 1 fully saturated rings. The smallest absolute Gasteiger partial charge is 0.254 e. The highest BCUT2D eigenvalue weighted by Crippen LogP contribution is 2.46. The minimum atomic E-state index is -0.396. The number of benzene rings is 3. The van der Waals surface area contributed by atoms with Gasteiger partial charge in [0.2, 0.25) is 5.91 Å². The number of hydrogen-bond acceptors (Lipinski definition) is 2. The molecule has 172 valence electrons. The Hall–Kier alpha value is -3.40. The van der Waals surface area contributed by atoms with Crippen molar-refractivity contribution in [2.45, 2.75) is 43.6 Å². The second-order valence-corrected chi connectivity index (χ2v) is 9.91. The van der Waals surface area contributed by atoms with E-state index in [0.717, 1.165) is 24.0 Å². The zero-order chi connectivity index (χ0) is 23.1. The Kier molecular flexibility index (Phi) is 5.44. The Bertz CT molecular complexity index is 1220. The van der Waals surface area contributed by atoms with Gasteiger partial charge < -0.3 is 10.2 Å². The highest BCUT2D eigenvalue weighted by Gasteiger charge is 2.46. The summed E-state index contributed by atoms with van der Waals surface area (Å²) in [5.41, 5.74) is 5.25. The monoisotopic (exact) mass is 450 g/mol. The first kappa shape index (κ1) is 21.2. The van der Waals surface area contributed by atoms with E-state index < -0.39 is 5.92 Å². The van der Waals surface area contributed by atoms with Gasteiger partial charge in [0, 0.05) is 18.7 Å². The summed E-state index contributed by atoms with van der Waals surface area (Å²) in [4.78, 5) is 29.2. The van der Waals surface area contributed by atoms with Gasteiger partial charge in [-0.2, -0.15) is 0 Å². The van der Waals surface area contributed by atoms with Crippen LogP contribution in [0.1, 0.15) is 69.8 Å². The van der Waals surface area contributed by atoms with E-state index >= 15 is 0 Å². The molecular weight excluding hydrogens is 420 g/mol. The Labute approximate surface area is 201 Å². The minimum absolute atomic E-state index is 0.0327. The maximum absolute atomic E-state index is 13.9. The Balaban J connectivity index is 1.31. The molecule has 0 bridgehead atoms. The summed E-state index contributed by atoms with van der Waals surface area (Å²) >= 11 is 0. The van der Waals surface area contributed by atoms with Gasteiger partial charge in [-0.25, -0.2) is 0 Å². The van der Waals surface area contributed by atoms with Crippen molar-refractivity contribution in [3.05, 3.63) is 107 Å². The van der Waals surface area contributed by atoms with Crippen LogP contribution < -0.4 is 5.32 Å². The zero-order valence-electron chi connectivity index (χ0n) is 19.3. The molecule has 3 aromatic rings. The normalized spacial score (nSPS) is 25.3. The fourth-order valence-electron chi connectivity index (χ4n) is 6.52. The average molecular weight is 451 g/mol. The molecule has 1 aliphatic carbocycles. The average Bonchev–Trinajstić information content (AvgIpc) is 3.37. The lowest BCUT2D eigenvalue weighted by Gasteiger charge is -2.45. The first-order chi connectivity index (χ1) is 16.7. The third kappa shape index (κ3) is 3.53. The molecule has 0 saturated heterocycles. The number of carbonyl (C=O) groups excluding carboxylic acids is 2. The van der Waals surface area contributed by atoms with Crippen LogP contribution in [0.4, 0.5) is 0 Å². The van der Waals surface area contributed by atoms with Crippen LogP contribution >= 0.6 is 0 Å². The summed E-state index contributed by atoms with van der Waals surface area (Å²) in [6.45, 7) is 1.33. The van der Waals surface area contributed by atoms with Gasteiger partial charge in [0.15, 0.2) is 0 Å². The van der Waals surface area contributed by atoms with Crippen LogP contribution in [0, 0.1) is 5.92 Å². The topological polar surface area (TPSA) is 49.4 Å². The van der Waals surface area contributed by atoms with E-state index in [1.807, 2.05) is 41.3 Å². The van der Waals surface area contributed by atoms with Gasteiger partial charge >= 0.3 is 0 Å². The van der Waals surface area contributed by atoms with Crippen molar-refractivity contribution in [2.24, 2.45) is 5.92 Å². The fraction of sp³-hybridized carbons (Fsp3) is 0.333. The molecule has 34 heavy (non-hydrogen) atoms. The van der Waals surface area contributed by atoms with Crippen molar-refractivity contribution in [1.82, 2.24) is 10.2 Å². The third-order valence-electron chi connectivity index (χ3n) is 8.14. The van der Waals surface area contributed by atoms with Crippen molar-refractivity contribution in [1.29, 1.82) is 0 Å². The maximum atomic E-state index is 13.9. The van der Waals surface area contributed by atoms with E-state index in [1.165, 1.54) is 24.0 Å². The fourth-order valence-corrected chi connectivity index (χ4v) is 6.52. The van der Waals surface area contributed by atoms with Gasteiger partial charge in [-0.1, -0.05) is 79.2 Å². The van der Waals surface area contributed by atoms with Crippen LogP contribution in [0.25, 0.3) is 0 Å². The second kappa shape index (κ2) is 8.75. The van der Waals surface area contributed by atoms with E-state index in [9.17, 15) is 9.59 Å². The Morgan fingerprint density at radius 1 is 0.882 bits per heavy atom. The molecule has 2 aliphatic heterocycles. The number of amides is 2. The van der Waals surface area contributed by atoms with Crippen LogP contribution in [0.3, 0.4) is 0 Å². The predicted octanol–water partition coefficient (Wildman–Crippen LogP) is 5.22. The lowest BCUT2D eigenvalue weighted by molar-refractivity contribution is -0.124. The van der Waals surface area contributed by atoms with Gasteiger partial charge in [0.1, 0.15) is 0 Å². The first-order valence-corrected chi connectivity index (χ1v) is 12.5. The van der Waals surface area contributed by atoms with E-state index in [1.54, 1.807) is 0 Å². The third-order valence-corrected chi connectivity index (χ3v) is 8.14. The zero-order valence-corrected chi connectivity index (χ0v) is 19.3. The lowest BCUT2D eigenvalue weighted by atomic mass is 9.75. The van der Waals surface area contributed by atoms with Crippen molar-refractivity contribution < 1.29 is 9.59 Å². The van der Waals surface area contributed by atoms with E-state index in [-0.39, 0.29) is 17.9 Å². The van der Waals surface area contributed by atoms with E-state index in [0.29, 0.717) is 30.5 Å². The summed E-state index contributed by atoms with van der Waals surface area (Å²) in [6.07, 6.45) is 4.34. The number of nitrogens with one attached hydrogen (secondary N) is 1. The van der Waals surface area contributed by atoms with Gasteiger partial charge in [-0.05, 0) is 59.4 Å². The van der Waals surface area contributed by atoms with Crippen molar-refractivity contribution in [2.75, 3.05) is 13.1 Å². The Morgan fingerprint density at radius 2 is 1.62 bits per heavy atom. The molecule has 1 saturated carbocycles. The van der Waals surface area contributed by atoms with Crippen LogP contribution in [0.2, 0.25) is 0 Å². The van der Waals surface area contributed by atoms with Gasteiger partial charge in [-0.15, -0.1) is 0 Å². The highest BCUT2D eigenvalue weighted by molar-refractivity contribution is 6.01. The molecule has 1 N–H and O–H groups in total. The van der Waals surface area contributed by atoms with E-state index in [4.69, 9.17) is 0 Å². The largest absolute Gasteiger partial charge is 0.355 e. The summed E-state index contributed by atoms with van der Waals surface area (Å²) < 4.78 is 0. The molecular formula is C30H30N2O2. The molecule has 6 rings (SSSR count). The summed E-state index contributed by atoms with van der Waals surface area (Å²) in [7, 11) is 0. The molecule has 0 aromatic heterocycles. The molecule has 3 aliphatic rings. The number of rotatable bonds is 4. The number of carbonyl (C=O) groups is 2. The molecule has 2 amide bonds. The first-order valence-electron chi connectivity index (χ1n) is 12.5. The molecule has 4 atom stereocenters. The van der Waals surface area contributed by atoms with Gasteiger partial charge in [-0.3, -0.25) is 9.59 Å². The standard InChI is InChI=1S/C30H30N2O2/c33-29(31-19-22-12-8-16-23(22)20-9-2-1-3-10-20)27-25-14-6-7-15-26(25)30(34)32-18-17-21-11-4-5-13-24(21)28(27)32/h1-7,9-11,13-15,22-23,27-28H,8,12,16-19H2,(H,31,33)/t22-,23+,27+,28+/m0/s1.